The van der Waals surface area contributed by atoms with E-state index in [0.29, 0.717) is 29.1 Å². The van der Waals surface area contributed by atoms with Crippen LogP contribution < -0.4 is 21.0 Å². The van der Waals surface area contributed by atoms with Gasteiger partial charge in [0.05, 0.1) is 16.6 Å². The molecular formula is C29H29ClN6O. The van der Waals surface area contributed by atoms with Crippen LogP contribution in [0.15, 0.2) is 65.5 Å². The van der Waals surface area contributed by atoms with Gasteiger partial charge in [0.25, 0.3) is 0 Å². The molecule has 6 rings (SSSR count). The van der Waals surface area contributed by atoms with Crippen molar-refractivity contribution >= 4 is 45.0 Å². The van der Waals surface area contributed by atoms with E-state index in [2.05, 4.69) is 50.6 Å². The van der Waals surface area contributed by atoms with Gasteiger partial charge in [-0.25, -0.2) is 4.98 Å². The number of hydrogen-bond acceptors (Lipinski definition) is 5. The number of fused-ring (bicyclic) bond motifs is 2. The third kappa shape index (κ3) is 4.68. The van der Waals surface area contributed by atoms with Crippen molar-refractivity contribution in [1.29, 1.82) is 0 Å². The van der Waals surface area contributed by atoms with E-state index < -0.39 is 0 Å². The molecule has 0 saturated carbocycles. The summed E-state index contributed by atoms with van der Waals surface area (Å²) in [5, 5.41) is 8.22. The number of imidazole rings is 1. The maximum atomic E-state index is 13.8. The highest BCUT2D eigenvalue weighted by atomic mass is 35.5. The van der Waals surface area contributed by atoms with Gasteiger partial charge >= 0.3 is 0 Å². The zero-order valence-corrected chi connectivity index (χ0v) is 21.5. The number of aromatic nitrogens is 3. The normalized spacial score (nSPS) is 13.9. The number of pyridine rings is 1. The van der Waals surface area contributed by atoms with E-state index in [1.165, 1.54) is 5.69 Å². The molecule has 0 radical (unpaired) electrons. The van der Waals surface area contributed by atoms with E-state index in [4.69, 9.17) is 16.6 Å². The average molecular weight is 513 g/mol. The molecule has 188 valence electrons. The molecule has 0 atom stereocenters. The number of para-hydroxylation sites is 1. The van der Waals surface area contributed by atoms with E-state index >= 15 is 0 Å². The Morgan fingerprint density at radius 1 is 1.00 bits per heavy atom. The number of piperazine rings is 1. The van der Waals surface area contributed by atoms with Crippen LogP contribution in [0, 0.1) is 6.92 Å². The van der Waals surface area contributed by atoms with Gasteiger partial charge in [-0.3, -0.25) is 4.79 Å². The largest absolute Gasteiger partial charge is 0.371 e. The van der Waals surface area contributed by atoms with Crippen LogP contribution in [-0.2, 0) is 6.42 Å². The molecule has 0 aliphatic carbocycles. The zero-order valence-electron chi connectivity index (χ0n) is 20.7. The molecule has 0 bridgehead atoms. The van der Waals surface area contributed by atoms with Gasteiger partial charge in [-0.1, -0.05) is 35.9 Å². The van der Waals surface area contributed by atoms with Gasteiger partial charge in [-0.05, 0) is 60.9 Å². The second-order valence-electron chi connectivity index (χ2n) is 9.54. The van der Waals surface area contributed by atoms with E-state index in [-0.39, 0.29) is 5.43 Å². The van der Waals surface area contributed by atoms with Crippen LogP contribution in [0.1, 0.15) is 11.1 Å². The Morgan fingerprint density at radius 2 is 1.84 bits per heavy atom. The third-order valence-electron chi connectivity index (χ3n) is 6.99. The summed E-state index contributed by atoms with van der Waals surface area (Å²) in [5.41, 5.74) is 6.45. The van der Waals surface area contributed by atoms with Crippen LogP contribution in [0.25, 0.3) is 33.3 Å². The lowest BCUT2D eigenvalue weighted by molar-refractivity contribution is 0.589. The first kappa shape index (κ1) is 23.6. The summed E-state index contributed by atoms with van der Waals surface area (Å²) in [5.74, 6) is 1.22. The van der Waals surface area contributed by atoms with Gasteiger partial charge in [0, 0.05) is 48.8 Å². The molecule has 1 fully saturated rings. The molecular weight excluding hydrogens is 484 g/mol. The highest BCUT2D eigenvalue weighted by Gasteiger charge is 2.19. The van der Waals surface area contributed by atoms with Gasteiger partial charge in [-0.2, -0.15) is 0 Å². The Labute approximate surface area is 219 Å². The molecule has 8 heteroatoms. The quantitative estimate of drug-likeness (QED) is 0.254. The molecule has 1 aliphatic rings. The van der Waals surface area contributed by atoms with Gasteiger partial charge in [0.2, 0.25) is 5.43 Å². The van der Waals surface area contributed by atoms with E-state index in [1.807, 2.05) is 42.5 Å². The Balaban J connectivity index is 1.40. The molecule has 4 N–H and O–H groups in total. The van der Waals surface area contributed by atoms with Crippen molar-refractivity contribution in [3.05, 3.63) is 87.0 Å². The first-order valence-electron chi connectivity index (χ1n) is 12.7. The number of anilines is 2. The fraction of sp³-hybridized carbons (Fsp3) is 0.241. The first-order valence-corrected chi connectivity index (χ1v) is 13.0. The molecule has 37 heavy (non-hydrogen) atoms. The molecule has 3 aromatic carbocycles. The molecule has 7 nitrogen and oxygen atoms in total. The van der Waals surface area contributed by atoms with E-state index in [1.54, 1.807) is 0 Å². The zero-order chi connectivity index (χ0) is 25.4. The summed E-state index contributed by atoms with van der Waals surface area (Å²) in [4.78, 5) is 28.0. The summed E-state index contributed by atoms with van der Waals surface area (Å²) in [6.07, 6.45) is 0.766. The van der Waals surface area contributed by atoms with Crippen molar-refractivity contribution in [3.8, 4) is 11.4 Å². The van der Waals surface area contributed by atoms with Gasteiger partial charge in [0.1, 0.15) is 17.2 Å². The van der Waals surface area contributed by atoms with Crippen LogP contribution >= 0.6 is 11.6 Å². The van der Waals surface area contributed by atoms with Crippen molar-refractivity contribution in [3.63, 3.8) is 0 Å². The number of rotatable bonds is 6. The molecule has 2 aromatic heterocycles. The summed E-state index contributed by atoms with van der Waals surface area (Å²) < 4.78 is 0. The van der Waals surface area contributed by atoms with Crippen LogP contribution in [0.3, 0.4) is 0 Å². The highest BCUT2D eigenvalue weighted by Crippen LogP contribution is 2.30. The number of nitrogens with zero attached hydrogens (tertiary/aromatic N) is 2. The summed E-state index contributed by atoms with van der Waals surface area (Å²) in [7, 11) is 0. The molecule has 0 unspecified atom stereocenters. The lowest BCUT2D eigenvalue weighted by Crippen LogP contribution is -2.43. The van der Waals surface area contributed by atoms with Gasteiger partial charge in [-0.15, -0.1) is 0 Å². The summed E-state index contributed by atoms with van der Waals surface area (Å²) in [6.45, 7) is 6.60. The van der Waals surface area contributed by atoms with Crippen molar-refractivity contribution in [2.45, 2.75) is 13.3 Å². The number of aryl methyl sites for hydroxylation is 1. The minimum Gasteiger partial charge on any atom is -0.371 e. The molecule has 1 aliphatic heterocycles. The number of aromatic amines is 2. The van der Waals surface area contributed by atoms with Crippen molar-refractivity contribution in [2.24, 2.45) is 0 Å². The third-order valence-corrected chi connectivity index (χ3v) is 7.23. The van der Waals surface area contributed by atoms with E-state index in [9.17, 15) is 4.79 Å². The smallest absolute Gasteiger partial charge is 0.202 e. The summed E-state index contributed by atoms with van der Waals surface area (Å²) >= 11 is 6.16. The number of halogens is 1. The molecule has 1 saturated heterocycles. The molecule has 0 spiro atoms. The van der Waals surface area contributed by atoms with Crippen LogP contribution in [-0.4, -0.2) is 47.7 Å². The second kappa shape index (κ2) is 9.92. The topological polar surface area (TPSA) is 88.8 Å². The maximum absolute atomic E-state index is 13.8. The highest BCUT2D eigenvalue weighted by molar-refractivity contribution is 6.30. The van der Waals surface area contributed by atoms with Gasteiger partial charge in [0.15, 0.2) is 0 Å². The van der Waals surface area contributed by atoms with Crippen molar-refractivity contribution < 1.29 is 0 Å². The fourth-order valence-corrected chi connectivity index (χ4v) is 5.33. The minimum absolute atomic E-state index is 0.0568. The molecule has 0 amide bonds. The predicted octanol–water partition coefficient (Wildman–Crippen LogP) is 5.10. The van der Waals surface area contributed by atoms with Gasteiger partial charge < -0.3 is 25.5 Å². The number of hydrogen-bond donors (Lipinski definition) is 4. The lowest BCUT2D eigenvalue weighted by atomic mass is 10.1. The average Bonchev–Trinajstić information content (AvgIpc) is 3.34. The Kier molecular flexibility index (Phi) is 6.32. The van der Waals surface area contributed by atoms with E-state index in [0.717, 1.165) is 65.3 Å². The Bertz CT molecular complexity index is 1650. The number of H-pyrrole nitrogens is 2. The second-order valence-corrected chi connectivity index (χ2v) is 9.97. The summed E-state index contributed by atoms with van der Waals surface area (Å²) in [6, 6.07) is 19.8. The molecule has 3 heterocycles. The first-order chi connectivity index (χ1) is 18.1. The number of benzene rings is 3. The monoisotopic (exact) mass is 512 g/mol. The van der Waals surface area contributed by atoms with Crippen molar-refractivity contribution in [2.75, 3.05) is 42.9 Å². The SMILES string of the molecule is Cc1cc(N2CCNCC2)cc2[nH]c(-c3c(NCCc4cccc(Cl)c4)[nH]c4ccccc4c3=O)nc12. The fourth-order valence-electron chi connectivity index (χ4n) is 5.11. The predicted molar refractivity (Wildman–Crippen MR) is 153 cm³/mol. The Morgan fingerprint density at radius 3 is 2.68 bits per heavy atom. The maximum Gasteiger partial charge on any atom is 0.202 e. The van der Waals surface area contributed by atoms with Crippen LogP contribution in [0.2, 0.25) is 5.02 Å². The molecule has 5 aromatic rings. The van der Waals surface area contributed by atoms with Crippen molar-refractivity contribution in [1.82, 2.24) is 20.3 Å². The standard InChI is InChI=1S/C29H29ClN6O/c1-18-15-21(36-13-11-31-12-14-36)17-24-26(18)35-29(34-24)25-27(37)22-7-2-3-8-23(22)33-28(25)32-10-9-19-5-4-6-20(30)16-19/h2-8,15-17,31H,9-14H2,1H3,(H,34,35)(H2,32,33,37). The minimum atomic E-state index is -0.0568. The van der Waals surface area contributed by atoms with Crippen LogP contribution in [0.4, 0.5) is 11.5 Å². The number of nitrogens with one attached hydrogen (secondary N) is 4. The Hall–Kier alpha value is -3.81. The lowest BCUT2D eigenvalue weighted by Gasteiger charge is -2.29. The van der Waals surface area contributed by atoms with Crippen LogP contribution in [0.5, 0.6) is 0 Å².